The lowest BCUT2D eigenvalue weighted by Crippen LogP contribution is -2.45. The van der Waals surface area contributed by atoms with Crippen LogP contribution in [0.3, 0.4) is 0 Å². The van der Waals surface area contributed by atoms with Crippen molar-refractivity contribution in [2.75, 3.05) is 13.1 Å². The molecular weight excluding hydrogens is 383 g/mol. The van der Waals surface area contributed by atoms with E-state index in [0.717, 1.165) is 18.4 Å². The fourth-order valence-corrected chi connectivity index (χ4v) is 3.52. The second-order valence-corrected chi connectivity index (χ2v) is 7.74. The van der Waals surface area contributed by atoms with Crippen molar-refractivity contribution in [1.82, 2.24) is 10.2 Å². The molecule has 1 unspecified atom stereocenters. The molecule has 1 saturated heterocycles. The number of rotatable bonds is 4. The minimum Gasteiger partial charge on any atom is -0.352 e. The lowest BCUT2D eigenvalue weighted by atomic mass is 9.96. The number of amides is 2. The van der Waals surface area contributed by atoms with Gasteiger partial charge in [0.25, 0.3) is 5.91 Å². The molecule has 1 heterocycles. The molecule has 1 N–H and O–H groups in total. The van der Waals surface area contributed by atoms with Crippen LogP contribution < -0.4 is 5.32 Å². The molecule has 0 bridgehead atoms. The maximum absolute atomic E-state index is 12.7. The van der Waals surface area contributed by atoms with Crippen LogP contribution in [0.15, 0.2) is 42.5 Å². The van der Waals surface area contributed by atoms with Gasteiger partial charge >= 0.3 is 0 Å². The van der Waals surface area contributed by atoms with Crippen LogP contribution in [0.4, 0.5) is 0 Å². The normalized spacial score (nSPS) is 16.9. The number of carbonyl (C=O) groups is 2. The highest BCUT2D eigenvalue weighted by Crippen LogP contribution is 2.25. The average molecular weight is 405 g/mol. The minimum atomic E-state index is -0.198. The molecule has 6 heteroatoms. The number of benzene rings is 2. The third-order valence-corrected chi connectivity index (χ3v) is 5.57. The summed E-state index contributed by atoms with van der Waals surface area (Å²) < 4.78 is 0. The van der Waals surface area contributed by atoms with Gasteiger partial charge in [0.2, 0.25) is 5.91 Å². The minimum absolute atomic E-state index is 0.0118. The highest BCUT2D eigenvalue weighted by atomic mass is 35.5. The molecule has 3 rings (SSSR count). The predicted octanol–water partition coefficient (Wildman–Crippen LogP) is 4.47. The topological polar surface area (TPSA) is 49.4 Å². The van der Waals surface area contributed by atoms with E-state index in [9.17, 15) is 9.59 Å². The smallest absolute Gasteiger partial charge is 0.253 e. The summed E-state index contributed by atoms with van der Waals surface area (Å²) in [4.78, 5) is 27.0. The van der Waals surface area contributed by atoms with Crippen LogP contribution in [-0.2, 0) is 11.3 Å². The molecule has 1 aliphatic rings. The van der Waals surface area contributed by atoms with Gasteiger partial charge < -0.3 is 10.2 Å². The van der Waals surface area contributed by atoms with Crippen molar-refractivity contribution in [3.05, 3.63) is 69.2 Å². The van der Waals surface area contributed by atoms with E-state index in [1.165, 1.54) is 5.56 Å². The van der Waals surface area contributed by atoms with Gasteiger partial charge in [0.1, 0.15) is 0 Å². The van der Waals surface area contributed by atoms with Gasteiger partial charge in [-0.05, 0) is 43.5 Å². The number of hydrogen-bond donors (Lipinski definition) is 1. The fourth-order valence-electron chi connectivity index (χ4n) is 3.23. The summed E-state index contributed by atoms with van der Waals surface area (Å²) in [7, 11) is 0. The monoisotopic (exact) mass is 404 g/mol. The van der Waals surface area contributed by atoms with Crippen LogP contribution in [0, 0.1) is 12.8 Å². The number of piperidine rings is 1. The Morgan fingerprint density at radius 1 is 1.11 bits per heavy atom. The van der Waals surface area contributed by atoms with Gasteiger partial charge in [-0.1, -0.05) is 53.0 Å². The van der Waals surface area contributed by atoms with Gasteiger partial charge in [0.15, 0.2) is 0 Å². The van der Waals surface area contributed by atoms with Crippen molar-refractivity contribution in [3.8, 4) is 0 Å². The zero-order chi connectivity index (χ0) is 19.4. The zero-order valence-corrected chi connectivity index (χ0v) is 16.7. The molecule has 1 atom stereocenters. The first-order chi connectivity index (χ1) is 12.9. The summed E-state index contributed by atoms with van der Waals surface area (Å²) in [5.74, 6) is -0.331. The van der Waals surface area contributed by atoms with E-state index in [1.807, 2.05) is 31.2 Å². The Balaban J connectivity index is 1.59. The molecule has 142 valence electrons. The van der Waals surface area contributed by atoms with Crippen LogP contribution in [0.25, 0.3) is 0 Å². The Labute approximate surface area is 169 Å². The van der Waals surface area contributed by atoms with Crippen molar-refractivity contribution >= 4 is 35.0 Å². The van der Waals surface area contributed by atoms with E-state index in [0.29, 0.717) is 35.2 Å². The average Bonchev–Trinajstić information content (AvgIpc) is 2.69. The van der Waals surface area contributed by atoms with Gasteiger partial charge in [-0.3, -0.25) is 9.59 Å². The molecule has 0 spiro atoms. The van der Waals surface area contributed by atoms with Gasteiger partial charge in [0, 0.05) is 25.2 Å². The first-order valence-electron chi connectivity index (χ1n) is 9.01. The molecule has 0 aromatic heterocycles. The van der Waals surface area contributed by atoms with Crippen LogP contribution in [0.5, 0.6) is 0 Å². The Kier molecular flexibility index (Phi) is 6.40. The Hall–Kier alpha value is -2.04. The van der Waals surface area contributed by atoms with Crippen LogP contribution >= 0.6 is 23.2 Å². The number of carbonyl (C=O) groups excluding carboxylic acids is 2. The summed E-state index contributed by atoms with van der Waals surface area (Å²) in [5, 5.41) is 3.76. The molecule has 2 aromatic carbocycles. The SMILES string of the molecule is Cc1ccc(CNC(=O)C2CCCN(C(=O)c3ccc(Cl)c(Cl)c3)C2)cc1. The van der Waals surface area contributed by atoms with E-state index in [1.54, 1.807) is 23.1 Å². The third-order valence-electron chi connectivity index (χ3n) is 4.83. The highest BCUT2D eigenvalue weighted by molar-refractivity contribution is 6.42. The van der Waals surface area contributed by atoms with E-state index in [2.05, 4.69) is 5.32 Å². The molecule has 27 heavy (non-hydrogen) atoms. The zero-order valence-electron chi connectivity index (χ0n) is 15.2. The summed E-state index contributed by atoms with van der Waals surface area (Å²) in [6, 6.07) is 12.9. The summed E-state index contributed by atoms with van der Waals surface area (Å²) >= 11 is 11.9. The Morgan fingerprint density at radius 3 is 2.56 bits per heavy atom. The van der Waals surface area contributed by atoms with Crippen molar-refractivity contribution in [1.29, 1.82) is 0 Å². The third kappa shape index (κ3) is 5.02. The molecule has 4 nitrogen and oxygen atoms in total. The van der Waals surface area contributed by atoms with Crippen LogP contribution in [-0.4, -0.2) is 29.8 Å². The van der Waals surface area contributed by atoms with Gasteiger partial charge in [0.05, 0.1) is 16.0 Å². The fraction of sp³-hybridized carbons (Fsp3) is 0.333. The predicted molar refractivity (Wildman–Crippen MR) is 108 cm³/mol. The summed E-state index contributed by atoms with van der Waals surface area (Å²) in [6.07, 6.45) is 1.58. The molecule has 0 saturated carbocycles. The van der Waals surface area contributed by atoms with Gasteiger partial charge in [-0.2, -0.15) is 0 Å². The molecule has 1 aliphatic heterocycles. The van der Waals surface area contributed by atoms with E-state index in [-0.39, 0.29) is 17.7 Å². The van der Waals surface area contributed by atoms with Crippen molar-refractivity contribution < 1.29 is 9.59 Å². The molecule has 2 aromatic rings. The van der Waals surface area contributed by atoms with E-state index in [4.69, 9.17) is 23.2 Å². The number of nitrogens with zero attached hydrogens (tertiary/aromatic N) is 1. The summed E-state index contributed by atoms with van der Waals surface area (Å²) in [6.45, 7) is 3.58. The molecular formula is C21H22Cl2N2O2. The Morgan fingerprint density at radius 2 is 1.85 bits per heavy atom. The van der Waals surface area contributed by atoms with Gasteiger partial charge in [-0.25, -0.2) is 0 Å². The number of halogens is 2. The molecule has 0 radical (unpaired) electrons. The maximum atomic E-state index is 12.7. The van der Waals surface area contributed by atoms with Crippen molar-refractivity contribution in [2.45, 2.75) is 26.3 Å². The van der Waals surface area contributed by atoms with Crippen molar-refractivity contribution in [3.63, 3.8) is 0 Å². The first-order valence-corrected chi connectivity index (χ1v) is 9.77. The van der Waals surface area contributed by atoms with Crippen LogP contribution in [0.2, 0.25) is 10.0 Å². The van der Waals surface area contributed by atoms with Gasteiger partial charge in [-0.15, -0.1) is 0 Å². The van der Waals surface area contributed by atoms with Crippen molar-refractivity contribution in [2.24, 2.45) is 5.92 Å². The van der Waals surface area contributed by atoms with Crippen LogP contribution in [0.1, 0.15) is 34.3 Å². The van der Waals surface area contributed by atoms with E-state index >= 15 is 0 Å². The molecule has 1 fully saturated rings. The lowest BCUT2D eigenvalue weighted by Gasteiger charge is -2.32. The Bertz CT molecular complexity index is 837. The first kappa shape index (κ1) is 19.7. The number of aryl methyl sites for hydroxylation is 1. The molecule has 2 amide bonds. The lowest BCUT2D eigenvalue weighted by molar-refractivity contribution is -0.126. The highest BCUT2D eigenvalue weighted by Gasteiger charge is 2.29. The second kappa shape index (κ2) is 8.77. The van der Waals surface area contributed by atoms with E-state index < -0.39 is 0 Å². The maximum Gasteiger partial charge on any atom is 0.253 e. The standard InChI is InChI=1S/C21H22Cl2N2O2/c1-14-4-6-15(7-5-14)12-24-20(26)17-3-2-10-25(13-17)21(27)16-8-9-18(22)19(23)11-16/h4-9,11,17H,2-3,10,12-13H2,1H3,(H,24,26). The second-order valence-electron chi connectivity index (χ2n) is 6.92. The number of nitrogens with one attached hydrogen (secondary N) is 1. The summed E-state index contributed by atoms with van der Waals surface area (Å²) in [5.41, 5.74) is 2.74. The number of likely N-dealkylation sites (tertiary alicyclic amines) is 1. The molecule has 0 aliphatic carbocycles. The largest absolute Gasteiger partial charge is 0.352 e. The quantitative estimate of drug-likeness (QED) is 0.816. The number of hydrogen-bond acceptors (Lipinski definition) is 2.